The zero-order chi connectivity index (χ0) is 26.8. The number of rotatable bonds is 8. The van der Waals surface area contributed by atoms with E-state index in [-0.39, 0.29) is 12.4 Å². The molecule has 1 aliphatic rings. The maximum absolute atomic E-state index is 13.6. The Morgan fingerprint density at radius 2 is 1.84 bits per heavy atom. The van der Waals surface area contributed by atoms with Gasteiger partial charge >= 0.3 is 6.18 Å². The van der Waals surface area contributed by atoms with E-state index in [4.69, 9.17) is 10.7 Å². The van der Waals surface area contributed by atoms with Crippen molar-refractivity contribution in [2.45, 2.75) is 44.5 Å². The lowest BCUT2D eigenvalue weighted by Gasteiger charge is -2.30. The number of benzene rings is 2. The van der Waals surface area contributed by atoms with Crippen LogP contribution >= 0.6 is 0 Å². The van der Waals surface area contributed by atoms with Gasteiger partial charge in [0.15, 0.2) is 0 Å². The molecule has 1 aliphatic heterocycles. The third-order valence-electron chi connectivity index (χ3n) is 6.72. The van der Waals surface area contributed by atoms with Crippen molar-refractivity contribution < 1.29 is 22.7 Å². The minimum atomic E-state index is -4.94. The molecule has 0 radical (unpaired) electrons. The summed E-state index contributed by atoms with van der Waals surface area (Å²) in [5, 5.41) is 15.9. The molecule has 1 fully saturated rings. The van der Waals surface area contributed by atoms with Crippen molar-refractivity contribution >= 4 is 23.4 Å². The number of nitrogens with two attached hydrogens (primary N) is 1. The first kappa shape index (κ1) is 26.4. The molecule has 1 saturated heterocycles. The van der Waals surface area contributed by atoms with Gasteiger partial charge in [-0.1, -0.05) is 31.2 Å². The first-order valence-electron chi connectivity index (χ1n) is 12.0. The van der Waals surface area contributed by atoms with Gasteiger partial charge in [-0.25, -0.2) is 9.37 Å². The van der Waals surface area contributed by atoms with Crippen molar-refractivity contribution in [3.8, 4) is 11.1 Å². The van der Waals surface area contributed by atoms with Crippen LogP contribution in [0.4, 0.5) is 23.4 Å². The Labute approximate surface area is 212 Å². The van der Waals surface area contributed by atoms with Crippen LogP contribution < -0.4 is 10.6 Å². The second kappa shape index (κ2) is 10.4. The first-order valence-corrected chi connectivity index (χ1v) is 12.0. The number of aromatic nitrogens is 1. The lowest BCUT2D eigenvalue weighted by molar-refractivity contribution is -0.245. The van der Waals surface area contributed by atoms with Gasteiger partial charge in [-0.05, 0) is 60.2 Å². The molecule has 0 spiro atoms. The Kier molecular flexibility index (Phi) is 7.40. The van der Waals surface area contributed by atoms with E-state index >= 15 is 0 Å². The van der Waals surface area contributed by atoms with Crippen LogP contribution in [0.2, 0.25) is 0 Å². The van der Waals surface area contributed by atoms with E-state index in [9.17, 15) is 22.7 Å². The highest BCUT2D eigenvalue weighted by Crippen LogP contribution is 2.37. The van der Waals surface area contributed by atoms with E-state index < -0.39 is 23.9 Å². The molecule has 37 heavy (non-hydrogen) atoms. The van der Waals surface area contributed by atoms with E-state index in [0.29, 0.717) is 11.1 Å². The van der Waals surface area contributed by atoms with E-state index in [1.165, 1.54) is 19.1 Å². The number of alkyl halides is 3. The van der Waals surface area contributed by atoms with Crippen LogP contribution in [0, 0.1) is 5.82 Å². The molecule has 2 aromatic carbocycles. The van der Waals surface area contributed by atoms with Gasteiger partial charge in [0.05, 0.1) is 17.8 Å². The number of halogens is 4. The van der Waals surface area contributed by atoms with Crippen molar-refractivity contribution in [1.29, 1.82) is 0 Å². The van der Waals surface area contributed by atoms with Crippen molar-refractivity contribution in [3.63, 3.8) is 0 Å². The van der Waals surface area contributed by atoms with Gasteiger partial charge < -0.3 is 15.7 Å². The van der Waals surface area contributed by atoms with Crippen molar-refractivity contribution in [2.75, 3.05) is 18.0 Å². The van der Waals surface area contributed by atoms with Gasteiger partial charge in [-0.2, -0.15) is 18.3 Å². The molecule has 1 atom stereocenters. The van der Waals surface area contributed by atoms with Crippen LogP contribution in [-0.2, 0) is 6.54 Å². The molecule has 3 aromatic rings. The summed E-state index contributed by atoms with van der Waals surface area (Å²) in [4.78, 5) is 7.06. The average Bonchev–Trinajstić information content (AvgIpc) is 3.42. The number of hydrogen-bond acceptors (Lipinski definition) is 6. The number of fused-ring (bicyclic) bond motifs is 1. The monoisotopic (exact) mass is 515 g/mol. The lowest BCUT2D eigenvalue weighted by atomic mass is 9.96. The Hall–Kier alpha value is -3.66. The maximum Gasteiger partial charge on any atom is 0.422 e. The minimum absolute atomic E-state index is 0.0549. The van der Waals surface area contributed by atoms with Crippen molar-refractivity contribution in [1.82, 2.24) is 9.99 Å². The van der Waals surface area contributed by atoms with Crippen LogP contribution in [0.25, 0.3) is 22.0 Å². The van der Waals surface area contributed by atoms with E-state index in [0.717, 1.165) is 59.5 Å². The third kappa shape index (κ3) is 5.39. The Morgan fingerprint density at radius 1 is 1.16 bits per heavy atom. The topological polar surface area (TPSA) is 78.0 Å². The van der Waals surface area contributed by atoms with Gasteiger partial charge in [-0.15, -0.1) is 0 Å². The van der Waals surface area contributed by atoms with Crippen LogP contribution in [-0.4, -0.2) is 46.7 Å². The van der Waals surface area contributed by atoms with E-state index in [1.54, 1.807) is 12.1 Å². The Morgan fingerprint density at radius 3 is 2.43 bits per heavy atom. The smallest absolute Gasteiger partial charge is 0.398 e. The summed E-state index contributed by atoms with van der Waals surface area (Å²) in [6.45, 7) is 6.46. The molecule has 1 aromatic heterocycles. The predicted molar refractivity (Wildman–Crippen MR) is 137 cm³/mol. The number of nitrogens with zero attached hydrogens (tertiary/aromatic N) is 4. The molecule has 0 bridgehead atoms. The number of pyridine rings is 1. The Balaban J connectivity index is 1.72. The molecular formula is C27H29F4N5O. The fraction of sp³-hybridized carbons (Fsp3) is 0.333. The lowest BCUT2D eigenvalue weighted by Crippen LogP contribution is -2.49. The standard InChI is InChI=1S/C27H29F4N5O/c1-3-26(37,27(29,30)31)24(32)17-36(33-2)16-18-6-11-21-22(19-7-9-20(28)10-8-19)15-25(34-23(21)14-18)35-12-4-5-13-35/h6-11,14-15,17,37H,2-5,12-13,16,32H2,1H3/b24-17-. The zero-order valence-corrected chi connectivity index (χ0v) is 20.5. The second-order valence-electron chi connectivity index (χ2n) is 9.12. The fourth-order valence-corrected chi connectivity index (χ4v) is 4.49. The molecule has 1 unspecified atom stereocenters. The molecule has 4 rings (SSSR count). The second-order valence-corrected chi connectivity index (χ2v) is 9.12. The molecule has 3 N–H and O–H groups in total. The average molecular weight is 516 g/mol. The highest BCUT2D eigenvalue weighted by atomic mass is 19.4. The van der Waals surface area contributed by atoms with Gasteiger partial charge in [0.2, 0.25) is 5.60 Å². The predicted octanol–water partition coefficient (Wildman–Crippen LogP) is 5.56. The summed E-state index contributed by atoms with van der Waals surface area (Å²) in [6, 6.07) is 13.8. The highest BCUT2D eigenvalue weighted by Gasteiger charge is 2.54. The number of hydrazone groups is 1. The molecule has 196 valence electrons. The number of hydrogen-bond donors (Lipinski definition) is 2. The van der Waals surface area contributed by atoms with E-state index in [1.807, 2.05) is 24.3 Å². The molecule has 0 saturated carbocycles. The first-order chi connectivity index (χ1) is 17.6. The van der Waals surface area contributed by atoms with Crippen molar-refractivity contribution in [2.24, 2.45) is 10.8 Å². The maximum atomic E-state index is 13.6. The Bertz CT molecular complexity index is 1300. The van der Waals surface area contributed by atoms with Gasteiger partial charge in [0.25, 0.3) is 0 Å². The van der Waals surface area contributed by atoms with Gasteiger partial charge in [-0.3, -0.25) is 5.01 Å². The zero-order valence-electron chi connectivity index (χ0n) is 20.5. The number of anilines is 1. The van der Waals surface area contributed by atoms with Crippen molar-refractivity contribution in [3.05, 3.63) is 71.8 Å². The highest BCUT2D eigenvalue weighted by molar-refractivity contribution is 5.96. The largest absolute Gasteiger partial charge is 0.422 e. The summed E-state index contributed by atoms with van der Waals surface area (Å²) in [5.74, 6) is 0.483. The van der Waals surface area contributed by atoms with Gasteiger partial charge in [0.1, 0.15) is 11.6 Å². The summed E-state index contributed by atoms with van der Waals surface area (Å²) in [5.41, 5.74) is 4.86. The SMILES string of the molecule is C=NN(/C=C(\N)C(O)(CC)C(F)(F)F)Cc1ccc2c(-c3ccc(F)cc3)cc(N3CCCC3)nc2c1. The third-order valence-corrected chi connectivity index (χ3v) is 6.72. The van der Waals surface area contributed by atoms with Crippen LogP contribution in [0.1, 0.15) is 31.7 Å². The van der Waals surface area contributed by atoms with Crippen LogP contribution in [0.5, 0.6) is 0 Å². The van der Waals surface area contributed by atoms with Crippen LogP contribution in [0.3, 0.4) is 0 Å². The minimum Gasteiger partial charge on any atom is -0.398 e. The quantitative estimate of drug-likeness (QED) is 0.233. The number of aliphatic hydroxyl groups is 1. The molecule has 2 heterocycles. The molecule has 0 aliphatic carbocycles. The fourth-order valence-electron chi connectivity index (χ4n) is 4.49. The molecular weight excluding hydrogens is 486 g/mol. The normalized spacial score (nSPS) is 16.2. The molecule has 6 nitrogen and oxygen atoms in total. The summed E-state index contributed by atoms with van der Waals surface area (Å²) >= 11 is 0. The van der Waals surface area contributed by atoms with Crippen LogP contribution in [0.15, 0.2) is 65.5 Å². The summed E-state index contributed by atoms with van der Waals surface area (Å²) in [6.07, 6.45) is -2.49. The van der Waals surface area contributed by atoms with E-state index in [2.05, 4.69) is 16.7 Å². The summed E-state index contributed by atoms with van der Waals surface area (Å²) in [7, 11) is 0. The molecule has 0 amide bonds. The van der Waals surface area contributed by atoms with Gasteiger partial charge in [0, 0.05) is 31.4 Å². The summed E-state index contributed by atoms with van der Waals surface area (Å²) < 4.78 is 53.8. The molecule has 10 heteroatoms.